The molecule has 1 aromatic rings. The minimum absolute atomic E-state index is 0.758. The first-order valence-corrected chi connectivity index (χ1v) is 7.76. The zero-order valence-corrected chi connectivity index (χ0v) is 12.1. The van der Waals surface area contributed by atoms with E-state index >= 15 is 0 Å². The van der Waals surface area contributed by atoms with Gasteiger partial charge in [-0.1, -0.05) is 0 Å². The van der Waals surface area contributed by atoms with Crippen molar-refractivity contribution in [1.82, 2.24) is 15.3 Å². The highest BCUT2D eigenvalue weighted by molar-refractivity contribution is 5.36. The molecule has 0 spiro atoms. The van der Waals surface area contributed by atoms with Crippen molar-refractivity contribution in [3.63, 3.8) is 0 Å². The summed E-state index contributed by atoms with van der Waals surface area (Å²) in [6.45, 7) is 5.73. The van der Waals surface area contributed by atoms with E-state index in [1.165, 1.54) is 19.3 Å². The van der Waals surface area contributed by atoms with Crippen LogP contribution >= 0.6 is 0 Å². The van der Waals surface area contributed by atoms with Gasteiger partial charge in [0.25, 0.3) is 0 Å². The van der Waals surface area contributed by atoms with Crippen LogP contribution in [0.2, 0.25) is 0 Å². The van der Waals surface area contributed by atoms with Crippen molar-refractivity contribution < 1.29 is 4.74 Å². The van der Waals surface area contributed by atoms with Crippen LogP contribution in [0.5, 0.6) is 0 Å². The Bertz CT molecular complexity index is 395. The molecule has 0 radical (unpaired) electrons. The Kier molecular flexibility index (Phi) is 4.82. The van der Waals surface area contributed by atoms with Crippen molar-refractivity contribution in [3.8, 4) is 0 Å². The number of rotatable bonds is 3. The van der Waals surface area contributed by atoms with E-state index in [-0.39, 0.29) is 0 Å². The summed E-state index contributed by atoms with van der Waals surface area (Å²) < 4.78 is 5.36. The minimum atomic E-state index is 0.758. The van der Waals surface area contributed by atoms with Gasteiger partial charge < -0.3 is 15.0 Å². The Hall–Kier alpha value is -1.20. The van der Waals surface area contributed by atoms with Crippen LogP contribution in [0.25, 0.3) is 0 Å². The van der Waals surface area contributed by atoms with E-state index in [1.54, 1.807) is 0 Å². The van der Waals surface area contributed by atoms with E-state index in [2.05, 4.69) is 20.2 Å². The molecule has 3 heterocycles. The maximum atomic E-state index is 5.36. The Morgan fingerprint density at radius 2 is 2.05 bits per heavy atom. The van der Waals surface area contributed by atoms with Crippen LogP contribution in [-0.2, 0) is 11.2 Å². The average Bonchev–Trinajstić information content (AvgIpc) is 2.78. The van der Waals surface area contributed by atoms with E-state index in [0.717, 1.165) is 63.2 Å². The van der Waals surface area contributed by atoms with Crippen LogP contribution in [0.1, 0.15) is 25.0 Å². The monoisotopic (exact) mass is 276 g/mol. The molecule has 1 aromatic heterocycles. The summed E-state index contributed by atoms with van der Waals surface area (Å²) in [5, 5.41) is 3.46. The van der Waals surface area contributed by atoms with Gasteiger partial charge in [-0.15, -0.1) is 0 Å². The third-order valence-electron chi connectivity index (χ3n) is 4.22. The molecule has 0 aliphatic carbocycles. The maximum absolute atomic E-state index is 5.36. The number of nitrogens with zero attached hydrogens (tertiary/aromatic N) is 3. The number of nitrogens with one attached hydrogen (secondary N) is 1. The standard InChI is InChI=1S/C15H24N4O/c1-2-13(3-5-16-4-1)10-14-11-18-15(12-17-14)19-6-8-20-9-7-19/h11-13,16H,1-10H2/t13-/m1/s1. The van der Waals surface area contributed by atoms with Crippen molar-refractivity contribution in [2.24, 2.45) is 5.92 Å². The Morgan fingerprint density at radius 3 is 2.85 bits per heavy atom. The van der Waals surface area contributed by atoms with Gasteiger partial charge in [-0.05, 0) is 44.7 Å². The van der Waals surface area contributed by atoms with Crippen LogP contribution in [0.4, 0.5) is 5.82 Å². The smallest absolute Gasteiger partial charge is 0.147 e. The fourth-order valence-electron chi connectivity index (χ4n) is 3.00. The lowest BCUT2D eigenvalue weighted by atomic mass is 9.95. The lowest BCUT2D eigenvalue weighted by Crippen LogP contribution is -2.36. The summed E-state index contributed by atoms with van der Waals surface area (Å²) in [5.41, 5.74) is 1.13. The first-order valence-electron chi connectivity index (χ1n) is 7.76. The molecule has 0 saturated carbocycles. The zero-order valence-electron chi connectivity index (χ0n) is 12.1. The van der Waals surface area contributed by atoms with E-state index in [1.807, 2.05) is 12.4 Å². The van der Waals surface area contributed by atoms with Crippen LogP contribution in [0, 0.1) is 5.92 Å². The lowest BCUT2D eigenvalue weighted by molar-refractivity contribution is 0.122. The Balaban J connectivity index is 1.57. The van der Waals surface area contributed by atoms with Gasteiger partial charge in [0.2, 0.25) is 0 Å². The van der Waals surface area contributed by atoms with Crippen LogP contribution in [0.3, 0.4) is 0 Å². The van der Waals surface area contributed by atoms with Crippen molar-refractivity contribution in [1.29, 1.82) is 0 Å². The molecule has 5 nitrogen and oxygen atoms in total. The van der Waals surface area contributed by atoms with Crippen LogP contribution < -0.4 is 10.2 Å². The summed E-state index contributed by atoms with van der Waals surface area (Å²) in [6.07, 6.45) is 8.80. The molecular formula is C15H24N4O. The molecule has 2 saturated heterocycles. The molecule has 110 valence electrons. The highest BCUT2D eigenvalue weighted by Crippen LogP contribution is 2.19. The lowest BCUT2D eigenvalue weighted by Gasteiger charge is -2.27. The molecule has 0 bridgehead atoms. The molecule has 0 aromatic carbocycles. The van der Waals surface area contributed by atoms with Crippen molar-refractivity contribution >= 4 is 5.82 Å². The number of hydrogen-bond donors (Lipinski definition) is 1. The van der Waals surface area contributed by atoms with E-state index < -0.39 is 0 Å². The van der Waals surface area contributed by atoms with Crippen LogP contribution in [-0.4, -0.2) is 49.4 Å². The SMILES string of the molecule is c1nc(N2CCOCC2)cnc1C[C@@H]1CCCNCC1. The van der Waals surface area contributed by atoms with Crippen molar-refractivity contribution in [3.05, 3.63) is 18.1 Å². The summed E-state index contributed by atoms with van der Waals surface area (Å²) in [5.74, 6) is 1.74. The Labute approximate surface area is 120 Å². The highest BCUT2D eigenvalue weighted by Gasteiger charge is 2.15. The van der Waals surface area contributed by atoms with E-state index in [9.17, 15) is 0 Å². The first-order chi connectivity index (χ1) is 9.92. The van der Waals surface area contributed by atoms with Gasteiger partial charge in [0.1, 0.15) is 5.82 Å². The second kappa shape index (κ2) is 6.99. The third-order valence-corrected chi connectivity index (χ3v) is 4.22. The Morgan fingerprint density at radius 1 is 1.15 bits per heavy atom. The van der Waals surface area contributed by atoms with Crippen LogP contribution in [0.15, 0.2) is 12.4 Å². The molecule has 20 heavy (non-hydrogen) atoms. The predicted molar refractivity (Wildman–Crippen MR) is 79.0 cm³/mol. The van der Waals surface area contributed by atoms with Gasteiger partial charge in [-0.3, -0.25) is 4.98 Å². The van der Waals surface area contributed by atoms with E-state index in [4.69, 9.17) is 4.74 Å². The molecule has 0 amide bonds. The fraction of sp³-hybridized carbons (Fsp3) is 0.733. The molecular weight excluding hydrogens is 252 g/mol. The highest BCUT2D eigenvalue weighted by atomic mass is 16.5. The van der Waals surface area contributed by atoms with Gasteiger partial charge in [-0.2, -0.15) is 0 Å². The summed E-state index contributed by atoms with van der Waals surface area (Å²) >= 11 is 0. The second-order valence-corrected chi connectivity index (χ2v) is 5.72. The largest absolute Gasteiger partial charge is 0.378 e. The van der Waals surface area contributed by atoms with Crippen molar-refractivity contribution in [2.75, 3.05) is 44.3 Å². The zero-order chi connectivity index (χ0) is 13.6. The van der Waals surface area contributed by atoms with Crippen molar-refractivity contribution in [2.45, 2.75) is 25.7 Å². The molecule has 1 atom stereocenters. The normalized spacial score (nSPS) is 24.4. The molecule has 2 fully saturated rings. The van der Waals surface area contributed by atoms with Gasteiger partial charge in [0.05, 0.1) is 31.3 Å². The predicted octanol–water partition coefficient (Wildman–Crippen LogP) is 1.25. The van der Waals surface area contributed by atoms with Gasteiger partial charge in [0, 0.05) is 13.1 Å². The maximum Gasteiger partial charge on any atom is 0.147 e. The summed E-state index contributed by atoms with van der Waals surface area (Å²) in [7, 11) is 0. The average molecular weight is 276 g/mol. The number of morpholine rings is 1. The molecule has 3 rings (SSSR count). The van der Waals surface area contributed by atoms with Gasteiger partial charge in [-0.25, -0.2) is 4.98 Å². The van der Waals surface area contributed by atoms with E-state index in [0.29, 0.717) is 0 Å². The van der Waals surface area contributed by atoms with Gasteiger partial charge >= 0.3 is 0 Å². The third kappa shape index (κ3) is 3.67. The second-order valence-electron chi connectivity index (χ2n) is 5.72. The summed E-state index contributed by atoms with van der Waals surface area (Å²) in [6, 6.07) is 0. The number of hydrogen-bond acceptors (Lipinski definition) is 5. The number of anilines is 1. The molecule has 2 aliphatic rings. The molecule has 1 N–H and O–H groups in total. The number of ether oxygens (including phenoxy) is 1. The summed E-state index contributed by atoms with van der Waals surface area (Å²) in [4.78, 5) is 11.4. The quantitative estimate of drug-likeness (QED) is 0.900. The van der Waals surface area contributed by atoms with Gasteiger partial charge in [0.15, 0.2) is 0 Å². The molecule has 2 aliphatic heterocycles. The topological polar surface area (TPSA) is 50.3 Å². The molecule has 5 heteroatoms. The number of aromatic nitrogens is 2. The molecule has 0 unspecified atom stereocenters. The first kappa shape index (κ1) is 13.8. The fourth-order valence-corrected chi connectivity index (χ4v) is 3.00. The minimum Gasteiger partial charge on any atom is -0.378 e.